The maximum absolute atomic E-state index is 8.62. The van der Waals surface area contributed by atoms with Crippen LogP contribution in [-0.2, 0) is 0 Å². The number of nitrogens with two attached hydrogens (primary N) is 1. The van der Waals surface area contributed by atoms with E-state index in [0.29, 0.717) is 11.3 Å². The van der Waals surface area contributed by atoms with E-state index in [0.717, 1.165) is 19.6 Å². The van der Waals surface area contributed by atoms with Crippen molar-refractivity contribution in [2.45, 2.75) is 40.0 Å². The van der Waals surface area contributed by atoms with Crippen molar-refractivity contribution < 1.29 is 5.21 Å². The predicted octanol–water partition coefficient (Wildman–Crippen LogP) is 1.88. The van der Waals surface area contributed by atoms with Gasteiger partial charge in [0.1, 0.15) is 5.84 Å². The van der Waals surface area contributed by atoms with E-state index in [9.17, 15) is 0 Å². The van der Waals surface area contributed by atoms with Gasteiger partial charge < -0.3 is 15.8 Å². The highest BCUT2D eigenvalue weighted by atomic mass is 16.4. The Bertz CT molecular complexity index is 251. The molecule has 1 heterocycles. The molecule has 0 amide bonds. The van der Waals surface area contributed by atoms with Gasteiger partial charge in [0.25, 0.3) is 0 Å². The van der Waals surface area contributed by atoms with Gasteiger partial charge >= 0.3 is 0 Å². The lowest BCUT2D eigenvalue weighted by atomic mass is 9.85. The third-order valence-electron chi connectivity index (χ3n) is 3.59. The lowest BCUT2D eigenvalue weighted by molar-refractivity contribution is 0.247. The van der Waals surface area contributed by atoms with Gasteiger partial charge in [0.05, 0.1) is 0 Å². The van der Waals surface area contributed by atoms with E-state index in [2.05, 4.69) is 23.9 Å². The van der Waals surface area contributed by atoms with E-state index in [1.807, 2.05) is 6.92 Å². The van der Waals surface area contributed by atoms with Crippen molar-refractivity contribution >= 4 is 5.84 Å². The van der Waals surface area contributed by atoms with Crippen molar-refractivity contribution in [1.82, 2.24) is 4.90 Å². The van der Waals surface area contributed by atoms with Gasteiger partial charge in [-0.1, -0.05) is 25.9 Å². The van der Waals surface area contributed by atoms with Gasteiger partial charge in [0, 0.05) is 12.5 Å². The normalized spacial score (nSPS) is 25.1. The summed E-state index contributed by atoms with van der Waals surface area (Å²) in [5, 5.41) is 11.7. The molecule has 0 bridgehead atoms. The monoisotopic (exact) mass is 227 g/mol. The highest BCUT2D eigenvalue weighted by Crippen LogP contribution is 2.29. The molecule has 0 aromatic heterocycles. The summed E-state index contributed by atoms with van der Waals surface area (Å²) in [5.74, 6) is 0.467. The molecule has 1 rings (SSSR count). The zero-order valence-electron chi connectivity index (χ0n) is 10.7. The first-order valence-corrected chi connectivity index (χ1v) is 6.14. The quantitative estimate of drug-likeness (QED) is 0.335. The van der Waals surface area contributed by atoms with Crippen LogP contribution in [0.25, 0.3) is 0 Å². The molecule has 1 aliphatic rings. The Hall–Kier alpha value is -0.770. The second-order valence-corrected chi connectivity index (χ2v) is 5.74. The van der Waals surface area contributed by atoms with E-state index in [1.54, 1.807) is 0 Å². The number of oxime groups is 1. The fraction of sp³-hybridized carbons (Fsp3) is 0.917. The van der Waals surface area contributed by atoms with Crippen LogP contribution in [0.4, 0.5) is 0 Å². The molecule has 1 unspecified atom stereocenters. The smallest absolute Gasteiger partial charge is 0.143 e. The highest BCUT2D eigenvalue weighted by molar-refractivity contribution is 5.82. The lowest BCUT2D eigenvalue weighted by Gasteiger charge is -2.25. The average molecular weight is 227 g/mol. The van der Waals surface area contributed by atoms with Crippen LogP contribution < -0.4 is 5.73 Å². The van der Waals surface area contributed by atoms with Gasteiger partial charge in [-0.25, -0.2) is 0 Å². The molecule has 4 nitrogen and oxygen atoms in total. The first-order chi connectivity index (χ1) is 7.44. The molecule has 1 aliphatic heterocycles. The number of likely N-dealkylation sites (tertiary alicyclic amines) is 1. The Kier molecular flexibility index (Phi) is 4.59. The van der Waals surface area contributed by atoms with Crippen LogP contribution in [0.2, 0.25) is 0 Å². The lowest BCUT2D eigenvalue weighted by Crippen LogP contribution is -2.35. The van der Waals surface area contributed by atoms with Gasteiger partial charge in [-0.3, -0.25) is 0 Å². The zero-order valence-corrected chi connectivity index (χ0v) is 10.7. The molecule has 0 spiro atoms. The number of hydrogen-bond donors (Lipinski definition) is 2. The molecule has 0 radical (unpaired) electrons. The summed E-state index contributed by atoms with van der Waals surface area (Å²) in [6.07, 6.45) is 3.77. The molecule has 3 N–H and O–H groups in total. The van der Waals surface area contributed by atoms with Crippen LogP contribution in [0.3, 0.4) is 0 Å². The van der Waals surface area contributed by atoms with Gasteiger partial charge in [0.2, 0.25) is 0 Å². The van der Waals surface area contributed by atoms with Crippen LogP contribution in [0.5, 0.6) is 0 Å². The maximum Gasteiger partial charge on any atom is 0.143 e. The van der Waals surface area contributed by atoms with Gasteiger partial charge in [0.15, 0.2) is 0 Å². The predicted molar refractivity (Wildman–Crippen MR) is 66.6 cm³/mol. The van der Waals surface area contributed by atoms with Crippen LogP contribution in [0, 0.1) is 11.3 Å². The van der Waals surface area contributed by atoms with Crippen LogP contribution >= 0.6 is 0 Å². The second-order valence-electron chi connectivity index (χ2n) is 5.74. The molecule has 1 fully saturated rings. The summed E-state index contributed by atoms with van der Waals surface area (Å²) < 4.78 is 0. The fourth-order valence-electron chi connectivity index (χ4n) is 2.24. The minimum absolute atomic E-state index is 0.131. The first kappa shape index (κ1) is 13.3. The van der Waals surface area contributed by atoms with Crippen molar-refractivity contribution in [1.29, 1.82) is 0 Å². The van der Waals surface area contributed by atoms with Crippen LogP contribution in [0.1, 0.15) is 40.0 Å². The van der Waals surface area contributed by atoms with Crippen molar-refractivity contribution in [3.8, 4) is 0 Å². The van der Waals surface area contributed by atoms with Crippen molar-refractivity contribution in [2.75, 3.05) is 19.6 Å². The van der Waals surface area contributed by atoms with E-state index < -0.39 is 0 Å². The Morgan fingerprint density at radius 2 is 2.12 bits per heavy atom. The molecule has 1 saturated heterocycles. The number of nitrogens with zero attached hydrogens (tertiary/aromatic N) is 2. The van der Waals surface area contributed by atoms with E-state index in [-0.39, 0.29) is 5.92 Å². The molecule has 94 valence electrons. The molecular weight excluding hydrogens is 202 g/mol. The molecule has 0 aliphatic carbocycles. The Labute approximate surface area is 98.5 Å². The van der Waals surface area contributed by atoms with E-state index >= 15 is 0 Å². The summed E-state index contributed by atoms with van der Waals surface area (Å²) in [5.41, 5.74) is 6.07. The van der Waals surface area contributed by atoms with E-state index in [1.165, 1.54) is 19.3 Å². The maximum atomic E-state index is 8.62. The topological polar surface area (TPSA) is 61.8 Å². The summed E-state index contributed by atoms with van der Waals surface area (Å²) in [4.78, 5) is 2.43. The molecular formula is C12H25N3O. The standard InChI is InChI=1S/C12H25N3O/c1-10(11(13)14-16)9-15-7-4-5-12(2,3)6-8-15/h10,16H,4-9H2,1-3H3,(H2,13,14). The third-order valence-corrected chi connectivity index (χ3v) is 3.59. The fourth-order valence-corrected chi connectivity index (χ4v) is 2.24. The number of amidine groups is 1. The van der Waals surface area contributed by atoms with Crippen molar-refractivity contribution in [3.63, 3.8) is 0 Å². The number of hydrogen-bond acceptors (Lipinski definition) is 3. The molecule has 0 saturated carbocycles. The number of rotatable bonds is 3. The summed E-state index contributed by atoms with van der Waals surface area (Å²) >= 11 is 0. The Morgan fingerprint density at radius 3 is 2.75 bits per heavy atom. The molecule has 1 atom stereocenters. The van der Waals surface area contributed by atoms with Crippen molar-refractivity contribution in [3.05, 3.63) is 0 Å². The van der Waals surface area contributed by atoms with Crippen LogP contribution in [0.15, 0.2) is 5.16 Å². The first-order valence-electron chi connectivity index (χ1n) is 6.14. The molecule has 0 aromatic rings. The zero-order chi connectivity index (χ0) is 12.2. The Morgan fingerprint density at radius 1 is 1.44 bits per heavy atom. The minimum Gasteiger partial charge on any atom is -0.409 e. The van der Waals surface area contributed by atoms with Crippen molar-refractivity contribution in [2.24, 2.45) is 22.2 Å². The van der Waals surface area contributed by atoms with Gasteiger partial charge in [-0.05, 0) is 37.8 Å². The third kappa shape index (κ3) is 4.00. The molecule has 0 aromatic carbocycles. The minimum atomic E-state index is 0.131. The average Bonchev–Trinajstić information content (AvgIpc) is 2.39. The molecule has 4 heteroatoms. The van der Waals surface area contributed by atoms with Gasteiger partial charge in [-0.2, -0.15) is 0 Å². The Balaban J connectivity index is 2.44. The largest absolute Gasteiger partial charge is 0.409 e. The SMILES string of the molecule is CC(CN1CCCC(C)(C)CC1)C(N)=NO. The second kappa shape index (κ2) is 5.53. The highest BCUT2D eigenvalue weighted by Gasteiger charge is 2.24. The summed E-state index contributed by atoms with van der Waals surface area (Å²) in [6, 6.07) is 0. The van der Waals surface area contributed by atoms with Gasteiger partial charge in [-0.15, -0.1) is 0 Å². The molecule has 16 heavy (non-hydrogen) atoms. The van der Waals surface area contributed by atoms with Crippen LogP contribution in [-0.4, -0.2) is 35.6 Å². The summed E-state index contributed by atoms with van der Waals surface area (Å²) in [6.45, 7) is 9.83. The van der Waals surface area contributed by atoms with E-state index in [4.69, 9.17) is 10.9 Å². The summed E-state index contributed by atoms with van der Waals surface area (Å²) in [7, 11) is 0.